The van der Waals surface area contributed by atoms with Gasteiger partial charge in [0.2, 0.25) is 0 Å². The van der Waals surface area contributed by atoms with Crippen molar-refractivity contribution in [2.24, 2.45) is 0 Å². The third-order valence-electron chi connectivity index (χ3n) is 5.29. The van der Waals surface area contributed by atoms with Crippen molar-refractivity contribution in [3.8, 4) is 22.9 Å². The standard InChI is InChI=1S/C27H33FN2O2/c1-2-3-4-5-6-10-13-24(28)21-32-26-18-29-27(30-19-26)23-14-16-25(17-15-23)31-20-22-11-8-7-9-12-22/h7-9,11-12,14-19,24H,2-6,10,13,20-21H2,1H3. The number of hydrogen-bond acceptors (Lipinski definition) is 4. The predicted molar refractivity (Wildman–Crippen MR) is 127 cm³/mol. The lowest BCUT2D eigenvalue weighted by Gasteiger charge is -2.10. The molecule has 0 amide bonds. The second kappa shape index (κ2) is 13.5. The number of halogens is 1. The van der Waals surface area contributed by atoms with E-state index in [9.17, 15) is 4.39 Å². The zero-order chi connectivity index (χ0) is 22.4. The molecule has 1 atom stereocenters. The van der Waals surface area contributed by atoms with Crippen LogP contribution in [0.15, 0.2) is 67.0 Å². The fraction of sp³-hybridized carbons (Fsp3) is 0.407. The number of aromatic nitrogens is 2. The smallest absolute Gasteiger partial charge is 0.159 e. The van der Waals surface area contributed by atoms with Gasteiger partial charge in [-0.25, -0.2) is 14.4 Å². The quantitative estimate of drug-likeness (QED) is 0.251. The fourth-order valence-electron chi connectivity index (χ4n) is 3.40. The van der Waals surface area contributed by atoms with Gasteiger partial charge in [0.25, 0.3) is 0 Å². The topological polar surface area (TPSA) is 44.2 Å². The number of nitrogens with zero attached hydrogens (tertiary/aromatic N) is 2. The largest absolute Gasteiger partial charge is 0.489 e. The van der Waals surface area contributed by atoms with E-state index in [-0.39, 0.29) is 6.61 Å². The van der Waals surface area contributed by atoms with E-state index >= 15 is 0 Å². The van der Waals surface area contributed by atoms with Crippen molar-refractivity contribution in [3.05, 3.63) is 72.6 Å². The lowest BCUT2D eigenvalue weighted by atomic mass is 10.1. The van der Waals surface area contributed by atoms with Gasteiger partial charge in [-0.15, -0.1) is 0 Å². The molecule has 0 fully saturated rings. The van der Waals surface area contributed by atoms with E-state index in [1.807, 2.05) is 54.6 Å². The minimum Gasteiger partial charge on any atom is -0.489 e. The minimum absolute atomic E-state index is 0.0467. The molecule has 1 heterocycles. The zero-order valence-electron chi connectivity index (χ0n) is 18.9. The lowest BCUT2D eigenvalue weighted by molar-refractivity contribution is 0.183. The second-order valence-corrected chi connectivity index (χ2v) is 8.01. The van der Waals surface area contributed by atoms with Gasteiger partial charge in [-0.3, -0.25) is 0 Å². The molecule has 1 aromatic heterocycles. The number of hydrogen-bond donors (Lipinski definition) is 0. The van der Waals surface area contributed by atoms with E-state index in [1.54, 1.807) is 12.4 Å². The van der Waals surface area contributed by atoms with Crippen LogP contribution in [0.4, 0.5) is 4.39 Å². The normalized spacial score (nSPS) is 11.8. The first kappa shape index (κ1) is 23.7. The fourth-order valence-corrected chi connectivity index (χ4v) is 3.40. The Bertz CT molecular complexity index is 886. The summed E-state index contributed by atoms with van der Waals surface area (Å²) >= 11 is 0. The molecule has 0 saturated heterocycles. The van der Waals surface area contributed by atoms with Crippen LogP contribution in [0.5, 0.6) is 11.5 Å². The highest BCUT2D eigenvalue weighted by Gasteiger charge is 2.09. The van der Waals surface area contributed by atoms with Gasteiger partial charge >= 0.3 is 0 Å². The Balaban J connectivity index is 1.40. The van der Waals surface area contributed by atoms with E-state index in [0.717, 1.165) is 29.7 Å². The predicted octanol–water partition coefficient (Wildman–Crippen LogP) is 7.19. The SMILES string of the molecule is CCCCCCCCC(F)COc1cnc(-c2ccc(OCc3ccccc3)cc2)nc1. The van der Waals surface area contributed by atoms with Crippen LogP contribution >= 0.6 is 0 Å². The second-order valence-electron chi connectivity index (χ2n) is 8.01. The van der Waals surface area contributed by atoms with Crippen molar-refractivity contribution in [3.63, 3.8) is 0 Å². The Kier molecular flexibility index (Phi) is 9.97. The molecule has 3 aromatic rings. The van der Waals surface area contributed by atoms with E-state index < -0.39 is 6.17 Å². The van der Waals surface area contributed by atoms with Gasteiger partial charge < -0.3 is 9.47 Å². The summed E-state index contributed by atoms with van der Waals surface area (Å²) in [7, 11) is 0. The first-order valence-electron chi connectivity index (χ1n) is 11.6. The van der Waals surface area contributed by atoms with E-state index in [1.165, 1.54) is 25.7 Å². The van der Waals surface area contributed by atoms with Crippen LogP contribution in [-0.2, 0) is 6.61 Å². The summed E-state index contributed by atoms with van der Waals surface area (Å²) in [5.74, 6) is 1.87. The Morgan fingerprint density at radius 1 is 0.781 bits per heavy atom. The zero-order valence-corrected chi connectivity index (χ0v) is 18.9. The molecule has 170 valence electrons. The molecule has 2 aromatic carbocycles. The summed E-state index contributed by atoms with van der Waals surface area (Å²) in [6.07, 6.45) is 9.73. The molecule has 4 nitrogen and oxygen atoms in total. The third-order valence-corrected chi connectivity index (χ3v) is 5.29. The molecule has 5 heteroatoms. The maximum absolute atomic E-state index is 14.0. The van der Waals surface area contributed by atoms with Crippen LogP contribution in [0.2, 0.25) is 0 Å². The first-order chi connectivity index (χ1) is 15.7. The maximum Gasteiger partial charge on any atom is 0.159 e. The monoisotopic (exact) mass is 436 g/mol. The Hall–Kier alpha value is -2.95. The number of benzene rings is 2. The lowest BCUT2D eigenvalue weighted by Crippen LogP contribution is -2.13. The molecule has 32 heavy (non-hydrogen) atoms. The number of alkyl halides is 1. The van der Waals surface area contributed by atoms with E-state index in [0.29, 0.717) is 24.6 Å². The summed E-state index contributed by atoms with van der Waals surface area (Å²) in [6.45, 7) is 2.77. The van der Waals surface area contributed by atoms with Gasteiger partial charge in [0, 0.05) is 5.56 Å². The van der Waals surface area contributed by atoms with Gasteiger partial charge in [0.05, 0.1) is 12.4 Å². The van der Waals surface area contributed by atoms with Crippen molar-refractivity contribution in [2.45, 2.75) is 64.6 Å². The van der Waals surface area contributed by atoms with Crippen LogP contribution in [0.25, 0.3) is 11.4 Å². The molecule has 0 aliphatic carbocycles. The van der Waals surface area contributed by atoms with Gasteiger partial charge in [-0.1, -0.05) is 75.8 Å². The number of unbranched alkanes of at least 4 members (excludes halogenated alkanes) is 5. The molecule has 0 aliphatic heterocycles. The van der Waals surface area contributed by atoms with E-state index in [4.69, 9.17) is 9.47 Å². The van der Waals surface area contributed by atoms with Crippen molar-refractivity contribution in [1.82, 2.24) is 9.97 Å². The van der Waals surface area contributed by atoms with Crippen LogP contribution in [0, 0.1) is 0 Å². The third kappa shape index (κ3) is 8.29. The molecule has 0 radical (unpaired) electrons. The highest BCUT2D eigenvalue weighted by atomic mass is 19.1. The summed E-state index contributed by atoms with van der Waals surface area (Å²) in [6, 6.07) is 17.7. The summed E-state index contributed by atoms with van der Waals surface area (Å²) in [4.78, 5) is 8.71. The Labute approximate surface area is 190 Å². The van der Waals surface area contributed by atoms with Gasteiger partial charge in [0.15, 0.2) is 11.6 Å². The maximum atomic E-state index is 14.0. The highest BCUT2D eigenvalue weighted by molar-refractivity contribution is 5.56. The number of ether oxygens (including phenoxy) is 2. The van der Waals surface area contributed by atoms with Gasteiger partial charge in [-0.05, 0) is 36.2 Å². The van der Waals surface area contributed by atoms with Crippen molar-refractivity contribution in [2.75, 3.05) is 6.61 Å². The van der Waals surface area contributed by atoms with Crippen LogP contribution in [0.3, 0.4) is 0 Å². The summed E-state index contributed by atoms with van der Waals surface area (Å²) < 4.78 is 25.4. The first-order valence-corrected chi connectivity index (χ1v) is 11.6. The molecule has 1 unspecified atom stereocenters. The summed E-state index contributed by atoms with van der Waals surface area (Å²) in [5, 5.41) is 0. The van der Waals surface area contributed by atoms with E-state index in [2.05, 4.69) is 16.9 Å². The summed E-state index contributed by atoms with van der Waals surface area (Å²) in [5.41, 5.74) is 2.01. The number of rotatable bonds is 14. The molecule has 0 saturated carbocycles. The minimum atomic E-state index is -0.954. The van der Waals surface area contributed by atoms with Gasteiger partial charge in [-0.2, -0.15) is 0 Å². The molecular formula is C27H33FN2O2. The van der Waals surface area contributed by atoms with Crippen molar-refractivity contribution >= 4 is 0 Å². The highest BCUT2D eigenvalue weighted by Crippen LogP contribution is 2.21. The average Bonchev–Trinajstić information content (AvgIpc) is 2.85. The molecule has 0 aliphatic rings. The molecule has 0 bridgehead atoms. The van der Waals surface area contributed by atoms with Crippen molar-refractivity contribution in [1.29, 1.82) is 0 Å². The Morgan fingerprint density at radius 3 is 2.19 bits per heavy atom. The van der Waals surface area contributed by atoms with Crippen LogP contribution in [-0.4, -0.2) is 22.7 Å². The molecule has 3 rings (SSSR count). The molecule has 0 spiro atoms. The van der Waals surface area contributed by atoms with Crippen LogP contribution < -0.4 is 9.47 Å². The van der Waals surface area contributed by atoms with Crippen molar-refractivity contribution < 1.29 is 13.9 Å². The molecule has 0 N–H and O–H groups in total. The van der Waals surface area contributed by atoms with Crippen LogP contribution in [0.1, 0.15) is 57.4 Å². The average molecular weight is 437 g/mol. The van der Waals surface area contributed by atoms with Gasteiger partial charge in [0.1, 0.15) is 25.1 Å². The Morgan fingerprint density at radius 2 is 1.47 bits per heavy atom. The molecular weight excluding hydrogens is 403 g/mol.